The predicted octanol–water partition coefficient (Wildman–Crippen LogP) is 1.79. The van der Waals surface area contributed by atoms with Gasteiger partial charge in [0.2, 0.25) is 11.8 Å². The molecule has 0 spiro atoms. The van der Waals surface area contributed by atoms with Gasteiger partial charge in [-0.2, -0.15) is 0 Å². The van der Waals surface area contributed by atoms with Gasteiger partial charge in [-0.1, -0.05) is 18.2 Å². The topological polar surface area (TPSA) is 58.6 Å². The summed E-state index contributed by atoms with van der Waals surface area (Å²) in [6, 6.07) is 7.66. The second-order valence-corrected chi connectivity index (χ2v) is 6.22. The van der Waals surface area contributed by atoms with Crippen molar-refractivity contribution in [1.82, 2.24) is 10.2 Å². The monoisotopic (exact) mass is 308 g/mol. The highest BCUT2D eigenvalue weighted by molar-refractivity contribution is 8.00. The fourth-order valence-electron chi connectivity index (χ4n) is 2.28. The number of benzene rings is 1. The van der Waals surface area contributed by atoms with E-state index >= 15 is 0 Å². The van der Waals surface area contributed by atoms with Crippen LogP contribution in [0.4, 0.5) is 0 Å². The highest BCUT2D eigenvalue weighted by Crippen LogP contribution is 2.41. The highest BCUT2D eigenvalue weighted by atomic mass is 32.2. The lowest BCUT2D eigenvalue weighted by Gasteiger charge is -2.25. The number of rotatable bonds is 5. The van der Waals surface area contributed by atoms with E-state index in [1.165, 1.54) is 11.8 Å². The second kappa shape index (κ2) is 6.85. The molecule has 2 rings (SSSR count). The fraction of sp³-hybridized carbons (Fsp3) is 0.467. The lowest BCUT2D eigenvalue weighted by atomic mass is 10.2. The van der Waals surface area contributed by atoms with Crippen molar-refractivity contribution < 1.29 is 14.3 Å². The Morgan fingerprint density at radius 2 is 2.19 bits per heavy atom. The Morgan fingerprint density at radius 1 is 1.48 bits per heavy atom. The molecular weight excluding hydrogens is 288 g/mol. The molecule has 1 aliphatic rings. The van der Waals surface area contributed by atoms with Gasteiger partial charge in [-0.3, -0.25) is 9.59 Å². The van der Waals surface area contributed by atoms with E-state index in [-0.39, 0.29) is 29.8 Å². The normalized spacial score (nSPS) is 18.2. The zero-order valence-electron chi connectivity index (χ0n) is 12.5. The van der Waals surface area contributed by atoms with Crippen LogP contribution in [-0.2, 0) is 9.59 Å². The molecule has 6 heteroatoms. The van der Waals surface area contributed by atoms with Gasteiger partial charge in [0, 0.05) is 11.6 Å². The van der Waals surface area contributed by atoms with E-state index in [0.717, 1.165) is 11.3 Å². The van der Waals surface area contributed by atoms with Crippen LogP contribution in [0.3, 0.4) is 0 Å². The van der Waals surface area contributed by atoms with Crippen molar-refractivity contribution in [2.75, 3.05) is 19.4 Å². The van der Waals surface area contributed by atoms with E-state index in [2.05, 4.69) is 5.32 Å². The van der Waals surface area contributed by atoms with Crippen molar-refractivity contribution >= 4 is 23.6 Å². The van der Waals surface area contributed by atoms with Crippen LogP contribution in [0.2, 0.25) is 0 Å². The minimum absolute atomic E-state index is 0.0187. The van der Waals surface area contributed by atoms with E-state index in [1.54, 1.807) is 12.0 Å². The Balaban J connectivity index is 2.18. The molecular formula is C15H20N2O3S. The molecule has 1 atom stereocenters. The number of nitrogens with zero attached hydrogens (tertiary/aromatic N) is 1. The van der Waals surface area contributed by atoms with Crippen molar-refractivity contribution in [2.24, 2.45) is 0 Å². The summed E-state index contributed by atoms with van der Waals surface area (Å²) >= 11 is 1.52. The molecule has 1 aromatic rings. The van der Waals surface area contributed by atoms with Gasteiger partial charge in [0.05, 0.1) is 12.9 Å². The first kappa shape index (κ1) is 15.7. The van der Waals surface area contributed by atoms with Crippen molar-refractivity contribution in [2.45, 2.75) is 25.3 Å². The van der Waals surface area contributed by atoms with Gasteiger partial charge in [0.25, 0.3) is 0 Å². The number of carbonyl (C=O) groups is 2. The quantitative estimate of drug-likeness (QED) is 0.901. The standard InChI is InChI=1S/C15H20N2O3S/c1-10(2)16-13(18)8-17-14(19)9-21-15(17)11-6-4-5-7-12(11)20-3/h4-7,10,15H,8-9H2,1-3H3,(H,16,18)/t15-/m1/s1. The van der Waals surface area contributed by atoms with Crippen LogP contribution in [0.5, 0.6) is 5.75 Å². The maximum absolute atomic E-state index is 12.1. The van der Waals surface area contributed by atoms with Crippen LogP contribution in [0, 0.1) is 0 Å². The highest BCUT2D eigenvalue weighted by Gasteiger charge is 2.35. The summed E-state index contributed by atoms with van der Waals surface area (Å²) in [5.41, 5.74) is 0.924. The number of hydrogen-bond acceptors (Lipinski definition) is 4. The maximum Gasteiger partial charge on any atom is 0.239 e. The average molecular weight is 308 g/mol. The lowest BCUT2D eigenvalue weighted by Crippen LogP contribution is -2.41. The third-order valence-corrected chi connectivity index (χ3v) is 4.37. The van der Waals surface area contributed by atoms with Crippen LogP contribution in [-0.4, -0.2) is 42.2 Å². The largest absolute Gasteiger partial charge is 0.496 e. The molecule has 0 bridgehead atoms. The molecule has 1 N–H and O–H groups in total. The second-order valence-electron chi connectivity index (χ2n) is 5.15. The first-order valence-electron chi connectivity index (χ1n) is 6.86. The van der Waals surface area contributed by atoms with E-state index in [4.69, 9.17) is 4.74 Å². The minimum atomic E-state index is -0.174. The summed E-state index contributed by atoms with van der Waals surface area (Å²) in [7, 11) is 1.61. The molecule has 1 aromatic carbocycles. The van der Waals surface area contributed by atoms with Gasteiger partial charge >= 0.3 is 0 Å². The fourth-order valence-corrected chi connectivity index (χ4v) is 3.49. The number of nitrogens with one attached hydrogen (secondary N) is 1. The molecule has 1 saturated heterocycles. The van der Waals surface area contributed by atoms with Gasteiger partial charge < -0.3 is 15.0 Å². The maximum atomic E-state index is 12.1. The van der Waals surface area contributed by atoms with Crippen LogP contribution < -0.4 is 10.1 Å². The Bertz CT molecular complexity index is 533. The number of para-hydroxylation sites is 1. The summed E-state index contributed by atoms with van der Waals surface area (Å²) in [4.78, 5) is 25.6. The van der Waals surface area contributed by atoms with Crippen molar-refractivity contribution in [1.29, 1.82) is 0 Å². The third kappa shape index (κ3) is 3.69. The van der Waals surface area contributed by atoms with Crippen molar-refractivity contribution in [3.05, 3.63) is 29.8 Å². The minimum Gasteiger partial charge on any atom is -0.496 e. The van der Waals surface area contributed by atoms with Crippen LogP contribution in [0.1, 0.15) is 24.8 Å². The van der Waals surface area contributed by atoms with Gasteiger partial charge in [-0.15, -0.1) is 11.8 Å². The molecule has 0 unspecified atom stereocenters. The molecule has 2 amide bonds. The number of hydrogen-bond donors (Lipinski definition) is 1. The zero-order chi connectivity index (χ0) is 15.4. The van der Waals surface area contributed by atoms with Crippen LogP contribution >= 0.6 is 11.8 Å². The summed E-state index contributed by atoms with van der Waals surface area (Å²) in [6.45, 7) is 3.87. The molecule has 0 saturated carbocycles. The predicted molar refractivity (Wildman–Crippen MR) is 83.2 cm³/mol. The Hall–Kier alpha value is -1.69. The molecule has 114 valence electrons. The number of carbonyl (C=O) groups excluding carboxylic acids is 2. The van der Waals surface area contributed by atoms with E-state index in [0.29, 0.717) is 5.75 Å². The number of methoxy groups -OCH3 is 1. The molecule has 1 fully saturated rings. The van der Waals surface area contributed by atoms with Gasteiger partial charge in [0.15, 0.2) is 0 Å². The first-order valence-corrected chi connectivity index (χ1v) is 7.91. The molecule has 21 heavy (non-hydrogen) atoms. The van der Waals surface area contributed by atoms with E-state index in [1.807, 2.05) is 38.1 Å². The Morgan fingerprint density at radius 3 is 2.86 bits per heavy atom. The Kier molecular flexibility index (Phi) is 5.12. The zero-order valence-corrected chi connectivity index (χ0v) is 13.3. The van der Waals surface area contributed by atoms with Gasteiger partial charge in [-0.25, -0.2) is 0 Å². The first-order chi connectivity index (χ1) is 10.0. The summed E-state index contributed by atoms with van der Waals surface area (Å²) in [5.74, 6) is 0.965. The lowest BCUT2D eigenvalue weighted by molar-refractivity contribution is -0.134. The molecule has 0 radical (unpaired) electrons. The molecule has 1 aliphatic heterocycles. The number of thioether (sulfide) groups is 1. The average Bonchev–Trinajstić information content (AvgIpc) is 2.79. The molecule has 0 aromatic heterocycles. The summed E-state index contributed by atoms with van der Waals surface area (Å²) in [5, 5.41) is 2.64. The molecule has 0 aliphatic carbocycles. The van der Waals surface area contributed by atoms with Crippen LogP contribution in [0.25, 0.3) is 0 Å². The summed E-state index contributed by atoms with van der Waals surface area (Å²) < 4.78 is 5.36. The van der Waals surface area contributed by atoms with Gasteiger partial charge in [-0.05, 0) is 19.9 Å². The van der Waals surface area contributed by atoms with Crippen molar-refractivity contribution in [3.63, 3.8) is 0 Å². The molecule has 5 nitrogen and oxygen atoms in total. The van der Waals surface area contributed by atoms with E-state index < -0.39 is 0 Å². The number of amides is 2. The van der Waals surface area contributed by atoms with Crippen molar-refractivity contribution in [3.8, 4) is 5.75 Å². The van der Waals surface area contributed by atoms with Gasteiger partial charge in [0.1, 0.15) is 17.7 Å². The smallest absolute Gasteiger partial charge is 0.239 e. The summed E-state index contributed by atoms with van der Waals surface area (Å²) in [6.07, 6.45) is 0. The SMILES string of the molecule is COc1ccccc1[C@H]1SCC(=O)N1CC(=O)NC(C)C. The van der Waals surface area contributed by atoms with Crippen LogP contribution in [0.15, 0.2) is 24.3 Å². The third-order valence-electron chi connectivity index (χ3n) is 3.14. The van der Waals surface area contributed by atoms with E-state index in [9.17, 15) is 9.59 Å². The number of ether oxygens (including phenoxy) is 1. The Labute approximate surface area is 129 Å². The molecule has 1 heterocycles.